The topological polar surface area (TPSA) is 79.8 Å². The summed E-state index contributed by atoms with van der Waals surface area (Å²) < 4.78 is 6.29. The number of thiocarbonyl (C=S) groups is 1. The fourth-order valence-electron chi connectivity index (χ4n) is 3.26. The van der Waals surface area contributed by atoms with Gasteiger partial charge >= 0.3 is 0 Å². The zero-order chi connectivity index (χ0) is 23.0. The molecule has 0 saturated carbocycles. The first kappa shape index (κ1) is 21.8. The molecular weight excluding hydrogens is 446 g/mol. The van der Waals surface area contributed by atoms with Crippen LogP contribution in [0.15, 0.2) is 63.9 Å². The second-order valence-electron chi connectivity index (χ2n) is 7.39. The Balaban J connectivity index is 1.58. The van der Waals surface area contributed by atoms with Crippen LogP contribution in [0.5, 0.6) is 0 Å². The largest absolute Gasteiger partial charge is 0.457 e. The van der Waals surface area contributed by atoms with Crippen molar-refractivity contribution in [1.29, 1.82) is 0 Å². The number of carbonyl (C=O) groups is 1. The molecule has 0 spiro atoms. The third kappa shape index (κ3) is 4.17. The van der Waals surface area contributed by atoms with Gasteiger partial charge in [0.1, 0.15) is 11.5 Å². The van der Waals surface area contributed by atoms with Gasteiger partial charge in [0.05, 0.1) is 15.5 Å². The molecule has 0 atom stereocenters. The van der Waals surface area contributed by atoms with E-state index < -0.39 is 4.92 Å². The highest BCUT2D eigenvalue weighted by molar-refractivity contribution is 8.27. The van der Waals surface area contributed by atoms with Crippen LogP contribution in [0.4, 0.5) is 17.1 Å². The fraction of sp³-hybridized carbons (Fsp3) is 0.130. The molecule has 0 bridgehead atoms. The molecule has 0 aliphatic carbocycles. The summed E-state index contributed by atoms with van der Waals surface area (Å²) in [7, 11) is 3.90. The minimum Gasteiger partial charge on any atom is -0.457 e. The lowest BCUT2D eigenvalue weighted by Gasteiger charge is -2.17. The van der Waals surface area contributed by atoms with Gasteiger partial charge in [0.15, 0.2) is 4.32 Å². The fourth-order valence-corrected chi connectivity index (χ4v) is 4.54. The molecule has 9 heteroatoms. The number of anilines is 2. The Morgan fingerprint density at radius 1 is 1.12 bits per heavy atom. The Hall–Kier alpha value is -3.43. The zero-order valence-corrected chi connectivity index (χ0v) is 19.2. The average molecular weight is 466 g/mol. The number of benzene rings is 2. The Kier molecular flexibility index (Phi) is 5.86. The van der Waals surface area contributed by atoms with Crippen molar-refractivity contribution in [2.45, 2.75) is 6.92 Å². The lowest BCUT2D eigenvalue weighted by molar-refractivity contribution is -0.385. The second-order valence-corrected chi connectivity index (χ2v) is 9.06. The van der Waals surface area contributed by atoms with Gasteiger partial charge in [-0.2, -0.15) is 0 Å². The van der Waals surface area contributed by atoms with Crippen molar-refractivity contribution in [3.05, 3.63) is 80.9 Å². The molecule has 1 aromatic heterocycles. The number of hydrogen-bond donors (Lipinski definition) is 0. The van der Waals surface area contributed by atoms with Gasteiger partial charge in [-0.15, -0.1) is 0 Å². The summed E-state index contributed by atoms with van der Waals surface area (Å²) in [5.74, 6) is 0.724. The number of rotatable bonds is 5. The minimum absolute atomic E-state index is 0.0293. The molecule has 3 aromatic rings. The Morgan fingerprint density at radius 2 is 1.84 bits per heavy atom. The highest BCUT2D eigenvalue weighted by atomic mass is 32.2. The number of carbonyl (C=O) groups excluding carboxylic acids is 1. The molecule has 1 fully saturated rings. The van der Waals surface area contributed by atoms with Crippen LogP contribution in [0.2, 0.25) is 0 Å². The van der Waals surface area contributed by atoms with Gasteiger partial charge in [-0.05, 0) is 43.3 Å². The number of thioether (sulfide) groups is 1. The lowest BCUT2D eigenvalue weighted by Crippen LogP contribution is -2.27. The molecule has 1 saturated heterocycles. The first-order valence-electron chi connectivity index (χ1n) is 9.65. The van der Waals surface area contributed by atoms with E-state index in [1.54, 1.807) is 37.3 Å². The molecule has 0 unspecified atom stereocenters. The number of aryl methyl sites for hydroxylation is 1. The molecule has 0 radical (unpaired) electrons. The third-order valence-corrected chi connectivity index (χ3v) is 6.31. The second kappa shape index (κ2) is 8.60. The summed E-state index contributed by atoms with van der Waals surface area (Å²) in [5, 5.41) is 11.2. The summed E-state index contributed by atoms with van der Waals surface area (Å²) in [6.07, 6.45) is 1.64. The normalized spacial score (nSPS) is 15.0. The monoisotopic (exact) mass is 465 g/mol. The van der Waals surface area contributed by atoms with Crippen LogP contribution >= 0.6 is 24.0 Å². The van der Waals surface area contributed by atoms with Gasteiger partial charge in [-0.25, -0.2) is 0 Å². The van der Waals surface area contributed by atoms with E-state index in [0.29, 0.717) is 37.6 Å². The van der Waals surface area contributed by atoms with Crippen LogP contribution in [-0.4, -0.2) is 29.2 Å². The molecule has 7 nitrogen and oxygen atoms in total. The molecule has 1 aliphatic heterocycles. The molecule has 2 heterocycles. The van der Waals surface area contributed by atoms with Gasteiger partial charge in [-0.1, -0.05) is 36.1 Å². The number of nitro groups is 1. The molecule has 162 valence electrons. The van der Waals surface area contributed by atoms with Crippen molar-refractivity contribution in [1.82, 2.24) is 0 Å². The molecule has 0 N–H and O–H groups in total. The van der Waals surface area contributed by atoms with Crippen LogP contribution in [0.25, 0.3) is 17.4 Å². The first-order valence-corrected chi connectivity index (χ1v) is 10.9. The van der Waals surface area contributed by atoms with Crippen molar-refractivity contribution in [2.24, 2.45) is 0 Å². The summed E-state index contributed by atoms with van der Waals surface area (Å²) in [4.78, 5) is 27.7. The summed E-state index contributed by atoms with van der Waals surface area (Å²) in [6.45, 7) is 1.69. The highest BCUT2D eigenvalue weighted by Crippen LogP contribution is 2.37. The Labute approximate surface area is 194 Å². The molecule has 32 heavy (non-hydrogen) atoms. The number of nitro benzene ring substituents is 1. The van der Waals surface area contributed by atoms with Crippen LogP contribution in [0, 0.1) is 17.0 Å². The molecule has 1 amide bonds. The SMILES string of the molecule is Cc1ccc(-c2ccc(/C=C3/SC(=S)N(c4ccc(N(C)C)cc4)C3=O)o2)cc1[N+](=O)[O-]. The maximum Gasteiger partial charge on any atom is 0.273 e. The van der Waals surface area contributed by atoms with Crippen molar-refractivity contribution in [2.75, 3.05) is 23.9 Å². The van der Waals surface area contributed by atoms with E-state index in [4.69, 9.17) is 16.6 Å². The Bertz CT molecular complexity index is 1260. The van der Waals surface area contributed by atoms with E-state index in [2.05, 4.69) is 0 Å². The van der Waals surface area contributed by atoms with Gasteiger partial charge < -0.3 is 9.32 Å². The van der Waals surface area contributed by atoms with Crippen LogP contribution in [0.3, 0.4) is 0 Å². The van der Waals surface area contributed by atoms with Gasteiger partial charge in [-0.3, -0.25) is 19.8 Å². The summed E-state index contributed by atoms with van der Waals surface area (Å²) >= 11 is 6.64. The van der Waals surface area contributed by atoms with E-state index in [0.717, 1.165) is 5.69 Å². The van der Waals surface area contributed by atoms with E-state index in [-0.39, 0.29) is 11.6 Å². The smallest absolute Gasteiger partial charge is 0.273 e. The maximum absolute atomic E-state index is 13.0. The van der Waals surface area contributed by atoms with Gasteiger partial charge in [0.2, 0.25) is 0 Å². The predicted octanol–water partition coefficient (Wildman–Crippen LogP) is 5.64. The van der Waals surface area contributed by atoms with Crippen LogP contribution in [-0.2, 0) is 4.79 Å². The Morgan fingerprint density at radius 3 is 2.50 bits per heavy atom. The predicted molar refractivity (Wildman–Crippen MR) is 132 cm³/mol. The van der Waals surface area contributed by atoms with Crippen LogP contribution in [0.1, 0.15) is 11.3 Å². The number of nitrogens with zero attached hydrogens (tertiary/aromatic N) is 3. The van der Waals surface area contributed by atoms with Crippen molar-refractivity contribution >= 4 is 57.3 Å². The van der Waals surface area contributed by atoms with Crippen molar-refractivity contribution < 1.29 is 14.1 Å². The zero-order valence-electron chi connectivity index (χ0n) is 17.6. The highest BCUT2D eigenvalue weighted by Gasteiger charge is 2.33. The molecular formula is C23H19N3O4S2. The third-order valence-electron chi connectivity index (χ3n) is 5.01. The van der Waals surface area contributed by atoms with E-state index >= 15 is 0 Å². The number of furan rings is 1. The maximum atomic E-state index is 13.0. The standard InChI is InChI=1S/C23H19N3O4S2/c1-14-4-5-15(12-19(14)26(28)29)20-11-10-18(30-20)13-21-22(27)25(23(31)32-21)17-8-6-16(7-9-17)24(2)3/h4-13H,1-3H3/b21-13+. The molecule has 4 rings (SSSR count). The molecule has 1 aliphatic rings. The number of hydrogen-bond acceptors (Lipinski definition) is 7. The summed E-state index contributed by atoms with van der Waals surface area (Å²) in [6, 6.07) is 15.9. The first-order chi connectivity index (χ1) is 15.2. The van der Waals surface area contributed by atoms with Crippen molar-refractivity contribution in [3.63, 3.8) is 0 Å². The van der Waals surface area contributed by atoms with E-state index in [1.807, 2.05) is 43.3 Å². The van der Waals surface area contributed by atoms with Crippen molar-refractivity contribution in [3.8, 4) is 11.3 Å². The van der Waals surface area contributed by atoms with E-state index in [9.17, 15) is 14.9 Å². The van der Waals surface area contributed by atoms with Crippen LogP contribution < -0.4 is 9.80 Å². The quantitative estimate of drug-likeness (QED) is 0.209. The summed E-state index contributed by atoms with van der Waals surface area (Å²) in [5.41, 5.74) is 2.92. The molecule has 2 aromatic carbocycles. The van der Waals surface area contributed by atoms with Gasteiger partial charge in [0, 0.05) is 43.1 Å². The minimum atomic E-state index is -0.418. The van der Waals surface area contributed by atoms with E-state index in [1.165, 1.54) is 22.7 Å². The lowest BCUT2D eigenvalue weighted by atomic mass is 10.1. The average Bonchev–Trinajstić information content (AvgIpc) is 3.32. The van der Waals surface area contributed by atoms with Gasteiger partial charge in [0.25, 0.3) is 11.6 Å². The number of amides is 1.